The van der Waals surface area contributed by atoms with Crippen molar-refractivity contribution in [1.82, 2.24) is 0 Å². The lowest BCUT2D eigenvalue weighted by Gasteiger charge is -2.09. The molecule has 2 N–H and O–H groups in total. The van der Waals surface area contributed by atoms with Crippen molar-refractivity contribution in [3.05, 3.63) is 51.5 Å². The number of anilines is 1. The minimum Gasteiger partial charge on any atom is -0.456 e. The molecule has 2 aromatic carbocycles. The van der Waals surface area contributed by atoms with Gasteiger partial charge >= 0.3 is 0 Å². The molecule has 0 fully saturated rings. The summed E-state index contributed by atoms with van der Waals surface area (Å²) in [5.74, 6) is 0.947. The highest BCUT2D eigenvalue weighted by atomic mass is 79.9. The van der Waals surface area contributed by atoms with E-state index in [0.717, 1.165) is 4.47 Å². The number of hydrogen-bond donors (Lipinski definition) is 1. The zero-order valence-corrected chi connectivity index (χ0v) is 11.5. The predicted octanol–water partition coefficient (Wildman–Crippen LogP) is 4.35. The van der Waals surface area contributed by atoms with Crippen LogP contribution in [0.5, 0.6) is 11.5 Å². The fraction of sp³-hybridized carbons (Fsp3) is 0. The summed E-state index contributed by atoms with van der Waals surface area (Å²) < 4.78 is 6.43. The summed E-state index contributed by atoms with van der Waals surface area (Å²) in [5, 5.41) is 9.40. The van der Waals surface area contributed by atoms with Crippen LogP contribution in [0.4, 0.5) is 5.69 Å². The fourth-order valence-electron chi connectivity index (χ4n) is 1.47. The Bertz CT molecular complexity index is 617. The lowest BCUT2D eigenvalue weighted by atomic mass is 10.2. The fourth-order valence-corrected chi connectivity index (χ4v) is 2.17. The van der Waals surface area contributed by atoms with Gasteiger partial charge in [0, 0.05) is 16.2 Å². The Hall–Kier alpha value is -1.70. The first kappa shape index (κ1) is 12.7. The summed E-state index contributed by atoms with van der Waals surface area (Å²) >= 11 is 9.25. The molecule has 90 valence electrons. The number of ether oxygens (including phenoxy) is 1. The molecule has 0 amide bonds. The molecule has 0 spiro atoms. The first-order valence-corrected chi connectivity index (χ1v) is 6.20. The molecule has 0 aliphatic heterocycles. The number of halogens is 2. The van der Waals surface area contributed by atoms with Gasteiger partial charge in [-0.25, -0.2) is 0 Å². The Morgan fingerprint density at radius 1 is 1.28 bits per heavy atom. The number of rotatable bonds is 2. The van der Waals surface area contributed by atoms with Crippen LogP contribution in [0, 0.1) is 11.3 Å². The second-order valence-electron chi connectivity index (χ2n) is 3.55. The van der Waals surface area contributed by atoms with Crippen molar-refractivity contribution in [1.29, 1.82) is 5.26 Å². The molecule has 2 aromatic rings. The van der Waals surface area contributed by atoms with Crippen LogP contribution < -0.4 is 10.5 Å². The highest BCUT2D eigenvalue weighted by Crippen LogP contribution is 2.32. The van der Waals surface area contributed by atoms with E-state index >= 15 is 0 Å². The highest BCUT2D eigenvalue weighted by molar-refractivity contribution is 9.10. The van der Waals surface area contributed by atoms with Crippen LogP contribution in [-0.2, 0) is 0 Å². The Kier molecular flexibility index (Phi) is 3.75. The second kappa shape index (κ2) is 5.30. The Labute approximate surface area is 118 Å². The average molecular weight is 324 g/mol. The van der Waals surface area contributed by atoms with Crippen molar-refractivity contribution in [3.8, 4) is 17.6 Å². The molecule has 5 heteroatoms. The molecular weight excluding hydrogens is 316 g/mol. The van der Waals surface area contributed by atoms with Gasteiger partial charge in [0.15, 0.2) is 0 Å². The first-order chi connectivity index (χ1) is 8.60. The molecule has 0 saturated carbocycles. The smallest absolute Gasteiger partial charge is 0.146 e. The lowest BCUT2D eigenvalue weighted by molar-refractivity contribution is 0.481. The monoisotopic (exact) mass is 322 g/mol. The lowest BCUT2D eigenvalue weighted by Crippen LogP contribution is -1.91. The zero-order chi connectivity index (χ0) is 13.1. The van der Waals surface area contributed by atoms with Gasteiger partial charge in [0.05, 0.1) is 5.02 Å². The molecule has 3 nitrogen and oxygen atoms in total. The first-order valence-electron chi connectivity index (χ1n) is 5.02. The third kappa shape index (κ3) is 2.76. The maximum atomic E-state index is 9.04. The van der Waals surface area contributed by atoms with E-state index in [0.29, 0.717) is 27.8 Å². The van der Waals surface area contributed by atoms with Crippen molar-refractivity contribution in [2.24, 2.45) is 0 Å². The molecule has 0 atom stereocenters. The van der Waals surface area contributed by atoms with Gasteiger partial charge in [-0.05, 0) is 24.3 Å². The average Bonchev–Trinajstić information content (AvgIpc) is 2.27. The van der Waals surface area contributed by atoms with Gasteiger partial charge < -0.3 is 10.5 Å². The number of hydrogen-bond acceptors (Lipinski definition) is 3. The largest absolute Gasteiger partial charge is 0.456 e. The van der Waals surface area contributed by atoms with E-state index in [4.69, 9.17) is 27.3 Å². The normalized spacial score (nSPS) is 9.83. The van der Waals surface area contributed by atoms with Gasteiger partial charge in [-0.15, -0.1) is 0 Å². The molecule has 2 rings (SSSR count). The second-order valence-corrected chi connectivity index (χ2v) is 4.87. The predicted molar refractivity (Wildman–Crippen MR) is 74.8 cm³/mol. The van der Waals surface area contributed by atoms with E-state index in [1.807, 2.05) is 6.07 Å². The Balaban J connectivity index is 2.40. The van der Waals surface area contributed by atoms with Crippen LogP contribution >= 0.6 is 27.5 Å². The summed E-state index contributed by atoms with van der Waals surface area (Å²) in [6, 6.07) is 12.3. The summed E-state index contributed by atoms with van der Waals surface area (Å²) in [5.41, 5.74) is 6.59. The number of nitriles is 1. The molecule has 0 radical (unpaired) electrons. The highest BCUT2D eigenvalue weighted by Gasteiger charge is 2.09. The molecule has 0 saturated heterocycles. The van der Waals surface area contributed by atoms with E-state index in [9.17, 15) is 0 Å². The Morgan fingerprint density at radius 2 is 2.06 bits per heavy atom. The molecule has 0 bridgehead atoms. The summed E-state index contributed by atoms with van der Waals surface area (Å²) in [7, 11) is 0. The molecule has 0 aromatic heterocycles. The number of benzene rings is 2. The van der Waals surface area contributed by atoms with Crippen LogP contribution in [0.3, 0.4) is 0 Å². The van der Waals surface area contributed by atoms with E-state index in [1.165, 1.54) is 0 Å². The van der Waals surface area contributed by atoms with Gasteiger partial charge in [0.25, 0.3) is 0 Å². The molecular formula is C13H8BrClN2O. The molecule has 0 unspecified atom stereocenters. The van der Waals surface area contributed by atoms with Crippen molar-refractivity contribution in [2.45, 2.75) is 0 Å². The van der Waals surface area contributed by atoms with Crippen LogP contribution in [0.2, 0.25) is 5.02 Å². The number of nitrogens with zero attached hydrogens (tertiary/aromatic N) is 1. The third-order valence-corrected chi connectivity index (χ3v) is 2.98. The quantitative estimate of drug-likeness (QED) is 0.836. The van der Waals surface area contributed by atoms with Gasteiger partial charge in [-0.2, -0.15) is 5.26 Å². The van der Waals surface area contributed by atoms with Crippen LogP contribution in [0.15, 0.2) is 40.9 Å². The molecule has 0 aliphatic rings. The Morgan fingerprint density at radius 3 is 2.72 bits per heavy atom. The standard InChI is InChI=1S/C13H8BrClN2O/c14-8-4-9(17)6-10(5-8)18-13-3-1-2-12(15)11(13)7-16/h1-6H,17H2. The van der Waals surface area contributed by atoms with Crippen LogP contribution in [0.1, 0.15) is 5.56 Å². The van der Waals surface area contributed by atoms with Crippen molar-refractivity contribution in [2.75, 3.05) is 5.73 Å². The maximum Gasteiger partial charge on any atom is 0.146 e. The number of nitrogen functional groups attached to an aromatic ring is 1. The van der Waals surface area contributed by atoms with Crippen molar-refractivity contribution >= 4 is 33.2 Å². The van der Waals surface area contributed by atoms with E-state index in [-0.39, 0.29) is 0 Å². The third-order valence-electron chi connectivity index (χ3n) is 2.21. The van der Waals surface area contributed by atoms with Crippen molar-refractivity contribution < 1.29 is 4.74 Å². The summed E-state index contributed by atoms with van der Waals surface area (Å²) in [6.07, 6.45) is 0. The van der Waals surface area contributed by atoms with E-state index in [1.54, 1.807) is 36.4 Å². The molecule has 18 heavy (non-hydrogen) atoms. The number of nitrogens with two attached hydrogens (primary N) is 1. The summed E-state index contributed by atoms with van der Waals surface area (Å²) in [4.78, 5) is 0. The van der Waals surface area contributed by atoms with E-state index < -0.39 is 0 Å². The van der Waals surface area contributed by atoms with Crippen molar-refractivity contribution in [3.63, 3.8) is 0 Å². The van der Waals surface area contributed by atoms with Crippen LogP contribution in [-0.4, -0.2) is 0 Å². The van der Waals surface area contributed by atoms with E-state index in [2.05, 4.69) is 15.9 Å². The molecule has 0 aliphatic carbocycles. The zero-order valence-electron chi connectivity index (χ0n) is 9.15. The van der Waals surface area contributed by atoms with Gasteiger partial charge in [-0.1, -0.05) is 33.6 Å². The maximum absolute atomic E-state index is 9.04. The van der Waals surface area contributed by atoms with Crippen LogP contribution in [0.25, 0.3) is 0 Å². The minimum atomic E-state index is 0.303. The summed E-state index contributed by atoms with van der Waals surface area (Å²) in [6.45, 7) is 0. The van der Waals surface area contributed by atoms with Gasteiger partial charge in [-0.3, -0.25) is 0 Å². The topological polar surface area (TPSA) is 59.0 Å². The SMILES string of the molecule is N#Cc1c(Cl)cccc1Oc1cc(N)cc(Br)c1. The molecule has 0 heterocycles. The minimum absolute atomic E-state index is 0.303. The van der Waals surface area contributed by atoms with Gasteiger partial charge in [0.2, 0.25) is 0 Å². The van der Waals surface area contributed by atoms with Gasteiger partial charge in [0.1, 0.15) is 23.1 Å².